The van der Waals surface area contributed by atoms with Gasteiger partial charge in [0.25, 0.3) is 0 Å². The lowest BCUT2D eigenvalue weighted by molar-refractivity contribution is -0.119. The number of thioether (sulfide) groups is 1. The monoisotopic (exact) mass is 160 g/mol. The molecule has 0 fully saturated rings. The quantitative estimate of drug-likeness (QED) is 0.627. The van der Waals surface area contributed by atoms with Crippen LogP contribution in [-0.2, 0) is 9.59 Å². The summed E-state index contributed by atoms with van der Waals surface area (Å²) >= 11 is 1.08. The average molecular weight is 160 g/mol. The summed E-state index contributed by atoms with van der Waals surface area (Å²) < 4.78 is 0. The molecule has 0 rings (SSSR count). The maximum atomic E-state index is 10.9. The zero-order chi connectivity index (χ0) is 8.15. The van der Waals surface area contributed by atoms with Crippen LogP contribution in [0, 0.1) is 5.92 Å². The minimum absolute atomic E-state index is 0.00833. The van der Waals surface area contributed by atoms with Crippen LogP contribution >= 0.6 is 11.8 Å². The molecule has 0 bridgehead atoms. The summed E-state index contributed by atoms with van der Waals surface area (Å²) in [4.78, 5) is 21.3. The summed E-state index contributed by atoms with van der Waals surface area (Å²) in [6.45, 7) is 5.14. The number of carbonyl (C=O) groups excluding carboxylic acids is 2. The van der Waals surface area contributed by atoms with Gasteiger partial charge in [-0.05, 0) is 0 Å². The fourth-order valence-electron chi connectivity index (χ4n) is 0.339. The van der Waals surface area contributed by atoms with Crippen molar-refractivity contribution in [2.24, 2.45) is 5.92 Å². The molecule has 0 unspecified atom stereocenters. The SMILES string of the molecule is CC(=O)SCC(=O)C(C)C. The molecule has 0 saturated heterocycles. The van der Waals surface area contributed by atoms with Crippen LogP contribution in [0.15, 0.2) is 0 Å². The van der Waals surface area contributed by atoms with E-state index in [-0.39, 0.29) is 16.8 Å². The lowest BCUT2D eigenvalue weighted by Crippen LogP contribution is -2.10. The third kappa shape index (κ3) is 4.56. The molecule has 0 aromatic carbocycles. The van der Waals surface area contributed by atoms with Gasteiger partial charge in [-0.3, -0.25) is 9.59 Å². The van der Waals surface area contributed by atoms with Crippen molar-refractivity contribution < 1.29 is 9.59 Å². The van der Waals surface area contributed by atoms with Gasteiger partial charge >= 0.3 is 0 Å². The fourth-order valence-corrected chi connectivity index (χ4v) is 1.02. The minimum atomic E-state index is 0.00833. The van der Waals surface area contributed by atoms with Crippen LogP contribution in [0.2, 0.25) is 0 Å². The average Bonchev–Trinajstić information content (AvgIpc) is 1.82. The van der Waals surface area contributed by atoms with Gasteiger partial charge in [0.05, 0.1) is 5.75 Å². The smallest absolute Gasteiger partial charge is 0.186 e. The van der Waals surface area contributed by atoms with Crippen LogP contribution in [0.3, 0.4) is 0 Å². The predicted molar refractivity (Wildman–Crippen MR) is 43.0 cm³/mol. The normalized spacial score (nSPS) is 10.0. The molecule has 3 heteroatoms. The highest BCUT2D eigenvalue weighted by molar-refractivity contribution is 8.14. The Morgan fingerprint density at radius 1 is 1.40 bits per heavy atom. The van der Waals surface area contributed by atoms with Gasteiger partial charge in [-0.15, -0.1) is 0 Å². The van der Waals surface area contributed by atoms with E-state index >= 15 is 0 Å². The van der Waals surface area contributed by atoms with E-state index in [2.05, 4.69) is 0 Å². The number of rotatable bonds is 3. The molecule has 0 amide bonds. The van der Waals surface area contributed by atoms with E-state index < -0.39 is 0 Å². The molecule has 58 valence electrons. The fraction of sp³-hybridized carbons (Fsp3) is 0.714. The molecular weight excluding hydrogens is 148 g/mol. The molecule has 2 nitrogen and oxygen atoms in total. The highest BCUT2D eigenvalue weighted by Crippen LogP contribution is 2.05. The molecular formula is C7H12O2S. The van der Waals surface area contributed by atoms with Crippen LogP contribution in [0.4, 0.5) is 0 Å². The maximum Gasteiger partial charge on any atom is 0.186 e. The molecule has 0 radical (unpaired) electrons. The Hall–Kier alpha value is -0.310. The van der Waals surface area contributed by atoms with Crippen molar-refractivity contribution in [3.05, 3.63) is 0 Å². The molecule has 10 heavy (non-hydrogen) atoms. The van der Waals surface area contributed by atoms with Crippen LogP contribution in [0.1, 0.15) is 20.8 Å². The second-order valence-electron chi connectivity index (χ2n) is 2.40. The van der Waals surface area contributed by atoms with E-state index in [1.54, 1.807) is 0 Å². The summed E-state index contributed by atoms with van der Waals surface area (Å²) in [5.74, 6) is 0.513. The first-order chi connectivity index (χ1) is 4.54. The highest BCUT2D eigenvalue weighted by atomic mass is 32.2. The number of hydrogen-bond donors (Lipinski definition) is 0. The molecule has 0 heterocycles. The van der Waals surface area contributed by atoms with Gasteiger partial charge in [0.15, 0.2) is 5.12 Å². The van der Waals surface area contributed by atoms with E-state index in [0.29, 0.717) is 5.75 Å². The Bertz CT molecular complexity index is 141. The van der Waals surface area contributed by atoms with Crippen LogP contribution < -0.4 is 0 Å². The molecule has 0 aliphatic rings. The van der Waals surface area contributed by atoms with Crippen molar-refractivity contribution in [2.45, 2.75) is 20.8 Å². The third-order valence-electron chi connectivity index (χ3n) is 1.06. The maximum absolute atomic E-state index is 10.9. The first kappa shape index (κ1) is 9.69. The molecule has 0 aliphatic heterocycles. The van der Waals surface area contributed by atoms with Gasteiger partial charge in [0.1, 0.15) is 5.78 Å². The van der Waals surface area contributed by atoms with Crippen LogP contribution in [0.5, 0.6) is 0 Å². The van der Waals surface area contributed by atoms with E-state index in [9.17, 15) is 9.59 Å². The summed E-state index contributed by atoms with van der Waals surface area (Å²) in [6.07, 6.45) is 0. The Labute approximate surface area is 65.4 Å². The molecule has 0 aromatic rings. The van der Waals surface area contributed by atoms with Gasteiger partial charge in [0, 0.05) is 12.8 Å². The number of ketones is 1. The molecule has 0 atom stereocenters. The standard InChI is InChI=1S/C7H12O2S/c1-5(2)7(9)4-10-6(3)8/h5H,4H2,1-3H3. The molecule has 0 aromatic heterocycles. The number of Topliss-reactive ketones (excluding diaryl/α,β-unsaturated/α-hetero) is 1. The third-order valence-corrected chi connectivity index (χ3v) is 1.90. The second kappa shape index (κ2) is 4.50. The van der Waals surface area contributed by atoms with Crippen molar-refractivity contribution in [1.29, 1.82) is 0 Å². The van der Waals surface area contributed by atoms with E-state index in [4.69, 9.17) is 0 Å². The van der Waals surface area contributed by atoms with Gasteiger partial charge in [-0.25, -0.2) is 0 Å². The van der Waals surface area contributed by atoms with E-state index in [1.165, 1.54) is 6.92 Å². The topological polar surface area (TPSA) is 34.1 Å². The van der Waals surface area contributed by atoms with Crippen LogP contribution in [-0.4, -0.2) is 16.7 Å². The van der Waals surface area contributed by atoms with Crippen molar-refractivity contribution >= 4 is 22.7 Å². The summed E-state index contributed by atoms with van der Waals surface area (Å²) in [7, 11) is 0. The highest BCUT2D eigenvalue weighted by Gasteiger charge is 2.07. The predicted octanol–water partition coefficient (Wildman–Crippen LogP) is 1.49. The van der Waals surface area contributed by atoms with E-state index in [0.717, 1.165) is 11.8 Å². The number of hydrogen-bond acceptors (Lipinski definition) is 3. The summed E-state index contributed by atoms with van der Waals surface area (Å²) in [5, 5.41) is 0.00833. The molecule has 0 spiro atoms. The number of carbonyl (C=O) groups is 2. The first-order valence-corrected chi connectivity index (χ1v) is 4.18. The molecule has 0 N–H and O–H groups in total. The zero-order valence-corrected chi connectivity index (χ0v) is 7.33. The Morgan fingerprint density at radius 3 is 2.20 bits per heavy atom. The van der Waals surface area contributed by atoms with Crippen molar-refractivity contribution in [3.8, 4) is 0 Å². The summed E-state index contributed by atoms with van der Waals surface area (Å²) in [5.41, 5.74) is 0. The Kier molecular flexibility index (Phi) is 4.36. The van der Waals surface area contributed by atoms with Crippen molar-refractivity contribution in [3.63, 3.8) is 0 Å². The van der Waals surface area contributed by atoms with Gasteiger partial charge in [0.2, 0.25) is 0 Å². The van der Waals surface area contributed by atoms with Gasteiger partial charge in [-0.1, -0.05) is 25.6 Å². The molecule has 0 saturated carbocycles. The minimum Gasteiger partial charge on any atom is -0.298 e. The van der Waals surface area contributed by atoms with Gasteiger partial charge in [-0.2, -0.15) is 0 Å². The van der Waals surface area contributed by atoms with Crippen molar-refractivity contribution in [2.75, 3.05) is 5.75 Å². The van der Waals surface area contributed by atoms with Crippen LogP contribution in [0.25, 0.3) is 0 Å². The summed E-state index contributed by atoms with van der Waals surface area (Å²) in [6, 6.07) is 0. The lowest BCUT2D eigenvalue weighted by atomic mass is 10.1. The largest absolute Gasteiger partial charge is 0.298 e. The lowest BCUT2D eigenvalue weighted by Gasteiger charge is -1.99. The Balaban J connectivity index is 3.50. The molecule has 0 aliphatic carbocycles. The zero-order valence-electron chi connectivity index (χ0n) is 6.51. The first-order valence-electron chi connectivity index (χ1n) is 3.20. The second-order valence-corrected chi connectivity index (χ2v) is 3.55. The Morgan fingerprint density at radius 2 is 1.90 bits per heavy atom. The van der Waals surface area contributed by atoms with Gasteiger partial charge < -0.3 is 0 Å². The van der Waals surface area contributed by atoms with Crippen molar-refractivity contribution in [1.82, 2.24) is 0 Å². The van der Waals surface area contributed by atoms with E-state index in [1.807, 2.05) is 13.8 Å².